The van der Waals surface area contributed by atoms with E-state index in [0.717, 1.165) is 12.7 Å². The van der Waals surface area contributed by atoms with Crippen molar-refractivity contribution < 1.29 is 4.79 Å². The number of thioether (sulfide) groups is 2. The molecule has 0 unspecified atom stereocenters. The minimum atomic E-state index is 0.576. The van der Waals surface area contributed by atoms with Crippen molar-refractivity contribution in [3.8, 4) is 0 Å². The summed E-state index contributed by atoms with van der Waals surface area (Å²) >= 11 is 3.80. The van der Waals surface area contributed by atoms with E-state index in [1.165, 1.54) is 11.5 Å². The summed E-state index contributed by atoms with van der Waals surface area (Å²) in [5, 5.41) is 0. The van der Waals surface area contributed by atoms with Gasteiger partial charge in [-0.2, -0.15) is 0 Å². The molecule has 0 radical (unpaired) electrons. The molecule has 1 aliphatic rings. The van der Waals surface area contributed by atoms with Gasteiger partial charge in [-0.15, -0.1) is 23.5 Å². The molecule has 1 rings (SSSR count). The molecular weight excluding hydrogens is 140 g/mol. The van der Waals surface area contributed by atoms with Gasteiger partial charge in [0.2, 0.25) is 0 Å². The Balaban J connectivity index is 2.14. The van der Waals surface area contributed by atoms with Crippen molar-refractivity contribution in [2.24, 2.45) is 0 Å². The van der Waals surface area contributed by atoms with E-state index < -0.39 is 0 Å². The van der Waals surface area contributed by atoms with Crippen molar-refractivity contribution in [1.82, 2.24) is 0 Å². The second-order valence-corrected chi connectivity index (χ2v) is 4.49. The third-order valence-electron chi connectivity index (χ3n) is 0.979. The van der Waals surface area contributed by atoms with E-state index in [-0.39, 0.29) is 0 Å². The van der Waals surface area contributed by atoms with E-state index >= 15 is 0 Å². The Morgan fingerprint density at radius 2 is 2.12 bits per heavy atom. The van der Waals surface area contributed by atoms with Crippen LogP contribution in [0, 0.1) is 0 Å². The van der Waals surface area contributed by atoms with Gasteiger partial charge in [0.05, 0.1) is 4.58 Å². The summed E-state index contributed by atoms with van der Waals surface area (Å²) in [5.74, 6) is 2.45. The molecule has 0 amide bonds. The van der Waals surface area contributed by atoms with E-state index in [9.17, 15) is 4.79 Å². The normalized spacial score (nSPS) is 21.5. The van der Waals surface area contributed by atoms with Crippen LogP contribution >= 0.6 is 23.5 Å². The standard InChI is InChI=1S/C5H8OS2/c6-2-1-5-7-3-4-8-5/h2,5H,1,3-4H2. The Hall–Kier alpha value is 0.370. The molecule has 0 spiro atoms. The number of hydrogen-bond donors (Lipinski definition) is 0. The van der Waals surface area contributed by atoms with Gasteiger partial charge in [-0.3, -0.25) is 0 Å². The summed E-state index contributed by atoms with van der Waals surface area (Å²) in [4.78, 5) is 9.93. The number of carbonyl (C=O) groups excluding carboxylic acids is 1. The first-order chi connectivity index (χ1) is 3.93. The highest BCUT2D eigenvalue weighted by molar-refractivity contribution is 8.20. The van der Waals surface area contributed by atoms with Crippen LogP contribution in [0.3, 0.4) is 0 Å². The maximum Gasteiger partial charge on any atom is 0.121 e. The lowest BCUT2D eigenvalue weighted by atomic mass is 10.5. The second kappa shape index (κ2) is 3.41. The maximum atomic E-state index is 9.93. The molecule has 0 saturated carbocycles. The van der Waals surface area contributed by atoms with Crippen LogP contribution in [-0.4, -0.2) is 22.4 Å². The summed E-state index contributed by atoms with van der Waals surface area (Å²) in [5.41, 5.74) is 0. The second-order valence-electron chi connectivity index (χ2n) is 1.57. The molecular formula is C5H8OS2. The van der Waals surface area contributed by atoms with Crippen LogP contribution in [-0.2, 0) is 4.79 Å². The van der Waals surface area contributed by atoms with Gasteiger partial charge in [0, 0.05) is 17.9 Å². The Morgan fingerprint density at radius 1 is 1.50 bits per heavy atom. The molecule has 1 saturated heterocycles. The molecule has 1 aliphatic heterocycles. The fourth-order valence-corrected chi connectivity index (χ4v) is 3.31. The summed E-state index contributed by atoms with van der Waals surface area (Å²) < 4.78 is 0.576. The van der Waals surface area contributed by atoms with Crippen molar-refractivity contribution >= 4 is 29.8 Å². The molecule has 0 aromatic heterocycles. The van der Waals surface area contributed by atoms with E-state index in [1.807, 2.05) is 23.5 Å². The SMILES string of the molecule is O=CCC1SCCS1. The Bertz CT molecular complexity index is 78.5. The number of aldehydes is 1. The van der Waals surface area contributed by atoms with E-state index in [4.69, 9.17) is 0 Å². The van der Waals surface area contributed by atoms with Gasteiger partial charge >= 0.3 is 0 Å². The van der Waals surface area contributed by atoms with Crippen molar-refractivity contribution in [3.05, 3.63) is 0 Å². The predicted molar refractivity (Wildman–Crippen MR) is 39.4 cm³/mol. The monoisotopic (exact) mass is 148 g/mol. The molecule has 0 atom stereocenters. The largest absolute Gasteiger partial charge is 0.303 e. The molecule has 1 nitrogen and oxygen atoms in total. The van der Waals surface area contributed by atoms with Gasteiger partial charge in [-0.05, 0) is 0 Å². The van der Waals surface area contributed by atoms with Crippen LogP contribution in [0.2, 0.25) is 0 Å². The van der Waals surface area contributed by atoms with Crippen LogP contribution in [0.4, 0.5) is 0 Å². The van der Waals surface area contributed by atoms with Crippen LogP contribution in [0.1, 0.15) is 6.42 Å². The minimum Gasteiger partial charge on any atom is -0.303 e. The van der Waals surface area contributed by atoms with E-state index in [2.05, 4.69) is 0 Å². The van der Waals surface area contributed by atoms with Gasteiger partial charge < -0.3 is 4.79 Å². The van der Waals surface area contributed by atoms with Crippen LogP contribution in [0.25, 0.3) is 0 Å². The highest BCUT2D eigenvalue weighted by Gasteiger charge is 2.14. The fraction of sp³-hybridized carbons (Fsp3) is 0.800. The molecule has 0 aromatic rings. The first-order valence-electron chi connectivity index (χ1n) is 2.60. The van der Waals surface area contributed by atoms with E-state index in [1.54, 1.807) is 0 Å². The molecule has 1 fully saturated rings. The smallest absolute Gasteiger partial charge is 0.121 e. The Kier molecular flexibility index (Phi) is 2.76. The molecule has 0 bridgehead atoms. The topological polar surface area (TPSA) is 17.1 Å². The van der Waals surface area contributed by atoms with Crippen LogP contribution in [0.5, 0.6) is 0 Å². The summed E-state index contributed by atoms with van der Waals surface area (Å²) in [6.07, 6.45) is 1.74. The lowest BCUT2D eigenvalue weighted by Gasteiger charge is -1.97. The zero-order valence-electron chi connectivity index (χ0n) is 4.50. The lowest BCUT2D eigenvalue weighted by Crippen LogP contribution is -1.90. The van der Waals surface area contributed by atoms with Gasteiger partial charge in [0.15, 0.2) is 0 Å². The fourth-order valence-electron chi connectivity index (χ4n) is 0.622. The van der Waals surface area contributed by atoms with Crippen molar-refractivity contribution in [2.75, 3.05) is 11.5 Å². The average molecular weight is 148 g/mol. The number of rotatable bonds is 2. The first kappa shape index (κ1) is 6.49. The minimum absolute atomic E-state index is 0.576. The summed E-state index contributed by atoms with van der Waals surface area (Å²) in [6.45, 7) is 0. The third-order valence-corrected chi connectivity index (χ3v) is 4.06. The average Bonchev–Trinajstić information content (AvgIpc) is 2.19. The predicted octanol–water partition coefficient (Wildman–Crippen LogP) is 1.38. The van der Waals surface area contributed by atoms with Crippen LogP contribution < -0.4 is 0 Å². The van der Waals surface area contributed by atoms with Crippen molar-refractivity contribution in [3.63, 3.8) is 0 Å². The Morgan fingerprint density at radius 3 is 2.62 bits per heavy atom. The van der Waals surface area contributed by atoms with Crippen LogP contribution in [0.15, 0.2) is 0 Å². The van der Waals surface area contributed by atoms with Gasteiger partial charge in [0.25, 0.3) is 0 Å². The van der Waals surface area contributed by atoms with Gasteiger partial charge in [0.1, 0.15) is 6.29 Å². The Labute approximate surface area is 57.6 Å². The highest BCUT2D eigenvalue weighted by atomic mass is 32.2. The van der Waals surface area contributed by atoms with Crippen molar-refractivity contribution in [2.45, 2.75) is 11.0 Å². The third kappa shape index (κ3) is 1.71. The zero-order valence-corrected chi connectivity index (χ0v) is 6.13. The van der Waals surface area contributed by atoms with Gasteiger partial charge in [-0.25, -0.2) is 0 Å². The number of hydrogen-bond acceptors (Lipinski definition) is 3. The molecule has 3 heteroatoms. The summed E-state index contributed by atoms with van der Waals surface area (Å²) in [7, 11) is 0. The quantitative estimate of drug-likeness (QED) is 0.551. The molecule has 0 N–H and O–H groups in total. The molecule has 0 aromatic carbocycles. The highest BCUT2D eigenvalue weighted by Crippen LogP contribution is 2.33. The number of carbonyl (C=O) groups is 1. The molecule has 8 heavy (non-hydrogen) atoms. The molecule has 1 heterocycles. The molecule has 46 valence electrons. The maximum absolute atomic E-state index is 9.93. The van der Waals surface area contributed by atoms with E-state index in [0.29, 0.717) is 4.58 Å². The lowest BCUT2D eigenvalue weighted by molar-refractivity contribution is -0.107. The first-order valence-corrected chi connectivity index (χ1v) is 4.70. The zero-order chi connectivity index (χ0) is 5.82. The summed E-state index contributed by atoms with van der Waals surface area (Å²) in [6, 6.07) is 0. The molecule has 0 aliphatic carbocycles. The van der Waals surface area contributed by atoms with Crippen molar-refractivity contribution in [1.29, 1.82) is 0 Å². The van der Waals surface area contributed by atoms with Gasteiger partial charge in [-0.1, -0.05) is 0 Å².